The summed E-state index contributed by atoms with van der Waals surface area (Å²) in [5.74, 6) is 0.778. The SMILES string of the molecule is Cc1cc(C)n(CCOc2cccc(Br)c2)c(=O)n1. The third-order valence-corrected chi connectivity index (χ3v) is 3.22. The molecule has 0 N–H and O–H groups in total. The first-order valence-corrected chi connectivity index (χ1v) is 6.79. The van der Waals surface area contributed by atoms with Crippen LogP contribution in [0.3, 0.4) is 0 Å². The summed E-state index contributed by atoms with van der Waals surface area (Å²) in [6.45, 7) is 4.64. The van der Waals surface area contributed by atoms with Crippen molar-refractivity contribution in [2.24, 2.45) is 0 Å². The van der Waals surface area contributed by atoms with Crippen molar-refractivity contribution in [3.63, 3.8) is 0 Å². The Kier molecular flexibility index (Phi) is 4.37. The number of aromatic nitrogens is 2. The molecule has 0 aliphatic heterocycles. The second-order valence-corrected chi connectivity index (χ2v) is 5.19. The molecule has 2 aromatic rings. The lowest BCUT2D eigenvalue weighted by atomic mass is 10.3. The van der Waals surface area contributed by atoms with Gasteiger partial charge in [0.1, 0.15) is 12.4 Å². The Balaban J connectivity index is 2.02. The molecule has 0 saturated carbocycles. The van der Waals surface area contributed by atoms with Gasteiger partial charge in [-0.25, -0.2) is 4.79 Å². The molecule has 1 aromatic carbocycles. The van der Waals surface area contributed by atoms with Gasteiger partial charge in [0.25, 0.3) is 0 Å². The van der Waals surface area contributed by atoms with Crippen LogP contribution in [0.25, 0.3) is 0 Å². The summed E-state index contributed by atoms with van der Waals surface area (Å²) in [5, 5.41) is 0. The molecule has 19 heavy (non-hydrogen) atoms. The first-order valence-electron chi connectivity index (χ1n) is 6.00. The maximum atomic E-state index is 11.7. The maximum Gasteiger partial charge on any atom is 0.348 e. The van der Waals surface area contributed by atoms with Gasteiger partial charge >= 0.3 is 5.69 Å². The Morgan fingerprint density at radius 2 is 2.11 bits per heavy atom. The number of ether oxygens (including phenoxy) is 1. The van der Waals surface area contributed by atoms with Crippen molar-refractivity contribution in [3.05, 3.63) is 56.7 Å². The third-order valence-electron chi connectivity index (χ3n) is 2.73. The molecular formula is C14H15BrN2O2. The zero-order valence-corrected chi connectivity index (χ0v) is 12.5. The van der Waals surface area contributed by atoms with E-state index >= 15 is 0 Å². The standard InChI is InChI=1S/C14H15BrN2O2/c1-10-8-11(2)17(14(18)16-10)6-7-19-13-5-3-4-12(15)9-13/h3-5,8-9H,6-7H2,1-2H3. The van der Waals surface area contributed by atoms with Crippen molar-refractivity contribution in [1.29, 1.82) is 0 Å². The van der Waals surface area contributed by atoms with Crippen molar-refractivity contribution >= 4 is 15.9 Å². The number of halogens is 1. The highest BCUT2D eigenvalue weighted by Crippen LogP contribution is 2.17. The van der Waals surface area contributed by atoms with Crippen LogP contribution in [0.2, 0.25) is 0 Å². The van der Waals surface area contributed by atoms with E-state index in [1.165, 1.54) is 0 Å². The van der Waals surface area contributed by atoms with E-state index in [9.17, 15) is 4.79 Å². The molecule has 0 aliphatic carbocycles. The molecule has 1 aromatic heterocycles. The monoisotopic (exact) mass is 322 g/mol. The van der Waals surface area contributed by atoms with Crippen molar-refractivity contribution < 1.29 is 4.74 Å². The van der Waals surface area contributed by atoms with Crippen molar-refractivity contribution in [1.82, 2.24) is 9.55 Å². The Morgan fingerprint density at radius 1 is 1.32 bits per heavy atom. The molecule has 0 fully saturated rings. The minimum Gasteiger partial charge on any atom is -0.492 e. The average Bonchev–Trinajstić information content (AvgIpc) is 2.32. The Labute approximate surface area is 120 Å². The van der Waals surface area contributed by atoms with Crippen LogP contribution < -0.4 is 10.4 Å². The van der Waals surface area contributed by atoms with Gasteiger partial charge in [0.2, 0.25) is 0 Å². The van der Waals surface area contributed by atoms with Crippen molar-refractivity contribution in [2.75, 3.05) is 6.61 Å². The molecule has 0 unspecified atom stereocenters. The van der Waals surface area contributed by atoms with Gasteiger partial charge in [-0.2, -0.15) is 4.98 Å². The Hall–Kier alpha value is -1.62. The van der Waals surface area contributed by atoms with E-state index in [0.29, 0.717) is 13.2 Å². The highest BCUT2D eigenvalue weighted by molar-refractivity contribution is 9.10. The molecule has 0 bridgehead atoms. The van der Waals surface area contributed by atoms with Crippen LogP contribution in [0.5, 0.6) is 5.75 Å². The number of hydrogen-bond acceptors (Lipinski definition) is 3. The summed E-state index contributed by atoms with van der Waals surface area (Å²) in [6.07, 6.45) is 0. The summed E-state index contributed by atoms with van der Waals surface area (Å²) in [7, 11) is 0. The second-order valence-electron chi connectivity index (χ2n) is 4.28. The number of rotatable bonds is 4. The smallest absolute Gasteiger partial charge is 0.348 e. The number of hydrogen-bond donors (Lipinski definition) is 0. The highest BCUT2D eigenvalue weighted by atomic mass is 79.9. The number of benzene rings is 1. The maximum absolute atomic E-state index is 11.7. The highest BCUT2D eigenvalue weighted by Gasteiger charge is 2.03. The molecule has 0 spiro atoms. The van der Waals surface area contributed by atoms with Crippen LogP contribution in [-0.4, -0.2) is 16.2 Å². The zero-order chi connectivity index (χ0) is 13.8. The molecule has 4 nitrogen and oxygen atoms in total. The van der Waals surface area contributed by atoms with Crippen molar-refractivity contribution in [2.45, 2.75) is 20.4 Å². The largest absolute Gasteiger partial charge is 0.492 e. The normalized spacial score (nSPS) is 10.5. The zero-order valence-electron chi connectivity index (χ0n) is 10.9. The lowest BCUT2D eigenvalue weighted by molar-refractivity contribution is 0.293. The molecule has 0 amide bonds. The molecule has 2 rings (SSSR count). The fraction of sp³-hybridized carbons (Fsp3) is 0.286. The van der Waals surface area contributed by atoms with Gasteiger partial charge in [-0.1, -0.05) is 22.0 Å². The predicted octanol–water partition coefficient (Wildman–Crippen LogP) is 2.70. The van der Waals surface area contributed by atoms with Gasteiger partial charge in [-0.3, -0.25) is 4.57 Å². The fourth-order valence-electron chi connectivity index (χ4n) is 1.86. The summed E-state index contributed by atoms with van der Waals surface area (Å²) >= 11 is 3.38. The van der Waals surface area contributed by atoms with E-state index in [0.717, 1.165) is 21.6 Å². The van der Waals surface area contributed by atoms with E-state index in [4.69, 9.17) is 4.74 Å². The van der Waals surface area contributed by atoms with Crippen molar-refractivity contribution in [3.8, 4) is 5.75 Å². The van der Waals surface area contributed by atoms with Crippen LogP contribution in [-0.2, 0) is 6.54 Å². The first-order chi connectivity index (χ1) is 9.06. The Bertz CT molecular complexity index is 638. The summed E-state index contributed by atoms with van der Waals surface area (Å²) in [4.78, 5) is 15.7. The predicted molar refractivity (Wildman–Crippen MR) is 77.6 cm³/mol. The topological polar surface area (TPSA) is 44.1 Å². The summed E-state index contributed by atoms with van der Waals surface area (Å²) < 4.78 is 8.20. The van der Waals surface area contributed by atoms with E-state index in [1.54, 1.807) is 4.57 Å². The molecule has 0 atom stereocenters. The Morgan fingerprint density at radius 3 is 2.79 bits per heavy atom. The van der Waals surface area contributed by atoms with Crippen LogP contribution in [0.4, 0.5) is 0 Å². The number of aryl methyl sites for hydroxylation is 2. The third kappa shape index (κ3) is 3.67. The molecule has 1 heterocycles. The molecule has 5 heteroatoms. The van der Waals surface area contributed by atoms with Gasteiger partial charge in [0, 0.05) is 15.9 Å². The quantitative estimate of drug-likeness (QED) is 0.869. The van der Waals surface area contributed by atoms with E-state index in [-0.39, 0.29) is 5.69 Å². The second kappa shape index (κ2) is 6.02. The molecule has 0 aliphatic rings. The van der Waals surface area contributed by atoms with Crippen LogP contribution in [0, 0.1) is 13.8 Å². The van der Waals surface area contributed by atoms with E-state index in [1.807, 2.05) is 44.2 Å². The van der Waals surface area contributed by atoms with Crippen LogP contribution in [0.1, 0.15) is 11.4 Å². The first kappa shape index (κ1) is 13.8. The van der Waals surface area contributed by atoms with Crippen LogP contribution >= 0.6 is 15.9 Å². The van der Waals surface area contributed by atoms with Gasteiger partial charge in [-0.05, 0) is 38.1 Å². The minimum absolute atomic E-state index is 0.227. The fourth-order valence-corrected chi connectivity index (χ4v) is 2.24. The molecule has 0 saturated heterocycles. The van der Waals surface area contributed by atoms with Gasteiger partial charge in [-0.15, -0.1) is 0 Å². The van der Waals surface area contributed by atoms with Gasteiger partial charge in [0.15, 0.2) is 0 Å². The van der Waals surface area contributed by atoms with Gasteiger partial charge < -0.3 is 4.74 Å². The van der Waals surface area contributed by atoms with Crippen LogP contribution in [0.15, 0.2) is 39.6 Å². The van der Waals surface area contributed by atoms with E-state index < -0.39 is 0 Å². The minimum atomic E-state index is -0.227. The lowest BCUT2D eigenvalue weighted by Crippen LogP contribution is -2.27. The number of nitrogens with zero attached hydrogens (tertiary/aromatic N) is 2. The van der Waals surface area contributed by atoms with Gasteiger partial charge in [0.05, 0.1) is 6.54 Å². The molecule has 0 radical (unpaired) electrons. The average molecular weight is 323 g/mol. The summed E-state index contributed by atoms with van der Waals surface area (Å²) in [6, 6.07) is 9.51. The molecular weight excluding hydrogens is 308 g/mol. The van der Waals surface area contributed by atoms with E-state index in [2.05, 4.69) is 20.9 Å². The molecule has 100 valence electrons. The lowest BCUT2D eigenvalue weighted by Gasteiger charge is -2.11. The summed E-state index contributed by atoms with van der Waals surface area (Å²) in [5.41, 5.74) is 1.41.